The highest BCUT2D eigenvalue weighted by Crippen LogP contribution is 2.33. The minimum Gasteiger partial charge on any atom is -0.478 e. The van der Waals surface area contributed by atoms with Crippen LogP contribution in [0.4, 0.5) is 4.79 Å². The third-order valence-corrected chi connectivity index (χ3v) is 5.23. The first-order chi connectivity index (χ1) is 12.3. The summed E-state index contributed by atoms with van der Waals surface area (Å²) in [6, 6.07) is 8.66. The lowest BCUT2D eigenvalue weighted by molar-refractivity contribution is -0.122. The van der Waals surface area contributed by atoms with Crippen LogP contribution in [0, 0.1) is 13.8 Å². The van der Waals surface area contributed by atoms with E-state index >= 15 is 0 Å². The Morgan fingerprint density at radius 2 is 1.92 bits per heavy atom. The SMILES string of the molecule is CCN1C(=O)S/C(=C\c2cc(C)n(-c3ccccc3C(=O)O)c2C)C1=O. The lowest BCUT2D eigenvalue weighted by Gasteiger charge is -2.12. The van der Waals surface area contributed by atoms with Crippen LogP contribution in [0.15, 0.2) is 35.2 Å². The molecule has 0 bridgehead atoms. The summed E-state index contributed by atoms with van der Waals surface area (Å²) in [6.45, 7) is 5.84. The second-order valence-corrected chi connectivity index (χ2v) is 6.90. The molecule has 7 heteroatoms. The summed E-state index contributed by atoms with van der Waals surface area (Å²) in [4.78, 5) is 37.3. The van der Waals surface area contributed by atoms with Crippen molar-refractivity contribution >= 4 is 35.0 Å². The smallest absolute Gasteiger partial charge is 0.337 e. The minimum atomic E-state index is -1.00. The number of rotatable bonds is 4. The molecule has 1 aromatic heterocycles. The number of aromatic carboxylic acids is 1. The molecule has 0 radical (unpaired) electrons. The first-order valence-corrected chi connectivity index (χ1v) is 8.93. The van der Waals surface area contributed by atoms with E-state index in [1.807, 2.05) is 24.5 Å². The highest BCUT2D eigenvalue weighted by molar-refractivity contribution is 8.18. The van der Waals surface area contributed by atoms with Gasteiger partial charge in [0, 0.05) is 17.9 Å². The largest absolute Gasteiger partial charge is 0.478 e. The summed E-state index contributed by atoms with van der Waals surface area (Å²) in [5, 5.41) is 9.18. The van der Waals surface area contributed by atoms with Crippen LogP contribution in [-0.4, -0.2) is 38.2 Å². The van der Waals surface area contributed by atoms with Gasteiger partial charge in [0.2, 0.25) is 0 Å². The maximum atomic E-state index is 12.3. The number of carboxylic acid groups (broad SMARTS) is 1. The van der Waals surface area contributed by atoms with Crippen molar-refractivity contribution in [2.75, 3.05) is 6.54 Å². The van der Waals surface area contributed by atoms with Gasteiger partial charge in [0.25, 0.3) is 11.1 Å². The standard InChI is InChI=1S/C19H18N2O4S/c1-4-20-17(22)16(26-19(20)25)10-13-9-11(2)21(12(13)3)15-8-6-5-7-14(15)18(23)24/h5-10H,4H2,1-3H3,(H,23,24)/b16-10-. The van der Waals surface area contributed by atoms with E-state index in [2.05, 4.69) is 0 Å². The molecule has 3 rings (SSSR count). The van der Waals surface area contributed by atoms with Gasteiger partial charge in [-0.1, -0.05) is 12.1 Å². The molecule has 0 spiro atoms. The molecule has 1 fully saturated rings. The van der Waals surface area contributed by atoms with Crippen LogP contribution in [0.25, 0.3) is 11.8 Å². The molecule has 1 N–H and O–H groups in total. The van der Waals surface area contributed by atoms with Gasteiger partial charge in [-0.15, -0.1) is 0 Å². The number of amides is 2. The molecule has 0 saturated carbocycles. The molecule has 2 heterocycles. The average Bonchev–Trinajstić information content (AvgIpc) is 3.03. The number of nitrogens with zero attached hydrogens (tertiary/aromatic N) is 2. The summed E-state index contributed by atoms with van der Waals surface area (Å²) in [5.74, 6) is -1.29. The predicted molar refractivity (Wildman–Crippen MR) is 101 cm³/mol. The van der Waals surface area contributed by atoms with Crippen molar-refractivity contribution < 1.29 is 19.5 Å². The van der Waals surface area contributed by atoms with Gasteiger partial charge in [-0.2, -0.15) is 0 Å². The summed E-state index contributed by atoms with van der Waals surface area (Å²) in [5.41, 5.74) is 3.20. The summed E-state index contributed by atoms with van der Waals surface area (Å²) in [7, 11) is 0. The average molecular weight is 370 g/mol. The van der Waals surface area contributed by atoms with E-state index in [-0.39, 0.29) is 16.7 Å². The van der Waals surface area contributed by atoms with Crippen LogP contribution < -0.4 is 0 Å². The van der Waals surface area contributed by atoms with Crippen molar-refractivity contribution in [2.45, 2.75) is 20.8 Å². The van der Waals surface area contributed by atoms with Gasteiger partial charge in [0.15, 0.2) is 0 Å². The van der Waals surface area contributed by atoms with Crippen molar-refractivity contribution in [2.24, 2.45) is 0 Å². The molecular formula is C19H18N2O4S. The second-order valence-electron chi connectivity index (χ2n) is 5.91. The van der Waals surface area contributed by atoms with Crippen LogP contribution in [0.3, 0.4) is 0 Å². The third-order valence-electron chi connectivity index (χ3n) is 4.32. The van der Waals surface area contributed by atoms with Crippen LogP contribution in [-0.2, 0) is 4.79 Å². The molecule has 0 atom stereocenters. The van der Waals surface area contributed by atoms with Gasteiger partial charge in [0.1, 0.15) is 0 Å². The van der Waals surface area contributed by atoms with Crippen molar-refractivity contribution in [3.8, 4) is 5.69 Å². The number of carbonyl (C=O) groups excluding carboxylic acids is 2. The van der Waals surface area contributed by atoms with E-state index in [4.69, 9.17) is 0 Å². The normalized spacial score (nSPS) is 16.0. The monoisotopic (exact) mass is 370 g/mol. The molecule has 26 heavy (non-hydrogen) atoms. The van der Waals surface area contributed by atoms with E-state index in [0.717, 1.165) is 28.7 Å². The highest BCUT2D eigenvalue weighted by Gasteiger charge is 2.34. The van der Waals surface area contributed by atoms with E-state index < -0.39 is 5.97 Å². The molecule has 0 unspecified atom stereocenters. The fraction of sp³-hybridized carbons (Fsp3) is 0.211. The van der Waals surface area contributed by atoms with Gasteiger partial charge in [-0.3, -0.25) is 14.5 Å². The molecule has 2 amide bonds. The van der Waals surface area contributed by atoms with Crippen LogP contribution in [0.1, 0.15) is 34.2 Å². The Balaban J connectivity index is 2.09. The van der Waals surface area contributed by atoms with Crippen molar-refractivity contribution in [3.05, 3.63) is 57.8 Å². The van der Waals surface area contributed by atoms with Gasteiger partial charge in [-0.05, 0) is 62.4 Å². The molecule has 1 aromatic carbocycles. The Morgan fingerprint density at radius 1 is 1.23 bits per heavy atom. The van der Waals surface area contributed by atoms with Gasteiger partial charge in [-0.25, -0.2) is 4.79 Å². The van der Waals surface area contributed by atoms with E-state index in [1.165, 1.54) is 4.90 Å². The van der Waals surface area contributed by atoms with Gasteiger partial charge < -0.3 is 9.67 Å². The highest BCUT2D eigenvalue weighted by atomic mass is 32.2. The zero-order chi connectivity index (χ0) is 19.0. The van der Waals surface area contributed by atoms with Gasteiger partial charge in [0.05, 0.1) is 16.2 Å². The number of benzene rings is 1. The second kappa shape index (κ2) is 6.84. The fourth-order valence-corrected chi connectivity index (χ4v) is 3.96. The van der Waals surface area contributed by atoms with Crippen LogP contribution in [0.5, 0.6) is 0 Å². The zero-order valence-electron chi connectivity index (χ0n) is 14.6. The number of aromatic nitrogens is 1. The first kappa shape index (κ1) is 18.0. The maximum Gasteiger partial charge on any atom is 0.337 e. The molecular weight excluding hydrogens is 352 g/mol. The maximum absolute atomic E-state index is 12.3. The molecule has 6 nitrogen and oxygen atoms in total. The Hall–Kier alpha value is -2.80. The molecule has 0 aliphatic carbocycles. The summed E-state index contributed by atoms with van der Waals surface area (Å²) >= 11 is 0.924. The fourth-order valence-electron chi connectivity index (χ4n) is 3.07. The van der Waals surface area contributed by atoms with Crippen LogP contribution >= 0.6 is 11.8 Å². The molecule has 2 aromatic rings. The Kier molecular flexibility index (Phi) is 4.73. The lowest BCUT2D eigenvalue weighted by atomic mass is 10.1. The van der Waals surface area contributed by atoms with Crippen molar-refractivity contribution in [1.29, 1.82) is 0 Å². The lowest BCUT2D eigenvalue weighted by Crippen LogP contribution is -2.27. The number of hydrogen-bond acceptors (Lipinski definition) is 4. The van der Waals surface area contributed by atoms with Crippen molar-refractivity contribution in [1.82, 2.24) is 9.47 Å². The third kappa shape index (κ3) is 2.94. The van der Waals surface area contributed by atoms with Crippen LogP contribution in [0.2, 0.25) is 0 Å². The topological polar surface area (TPSA) is 79.6 Å². The number of imide groups is 1. The number of aryl methyl sites for hydroxylation is 1. The first-order valence-electron chi connectivity index (χ1n) is 8.12. The number of thioether (sulfide) groups is 1. The minimum absolute atomic E-state index is 0.201. The Bertz CT molecular complexity index is 958. The quantitative estimate of drug-likeness (QED) is 0.827. The van der Waals surface area contributed by atoms with E-state index in [9.17, 15) is 19.5 Å². The molecule has 1 aliphatic heterocycles. The number of carbonyl (C=O) groups is 3. The Morgan fingerprint density at radius 3 is 2.54 bits per heavy atom. The van der Waals surface area contributed by atoms with Crippen molar-refractivity contribution in [3.63, 3.8) is 0 Å². The molecule has 1 aliphatic rings. The molecule has 134 valence electrons. The Labute approximate surface area is 155 Å². The number of hydrogen-bond donors (Lipinski definition) is 1. The van der Waals surface area contributed by atoms with Gasteiger partial charge >= 0.3 is 5.97 Å². The zero-order valence-corrected chi connectivity index (χ0v) is 15.5. The number of carboxylic acids is 1. The molecule has 1 saturated heterocycles. The number of para-hydroxylation sites is 1. The van der Waals surface area contributed by atoms with E-state index in [0.29, 0.717) is 17.1 Å². The summed E-state index contributed by atoms with van der Waals surface area (Å²) in [6.07, 6.45) is 1.70. The summed E-state index contributed by atoms with van der Waals surface area (Å²) < 4.78 is 1.85. The predicted octanol–water partition coefficient (Wildman–Crippen LogP) is 3.85. The number of likely N-dealkylation sites (N-methyl/N-ethyl adjacent to an activating group) is 1. The van der Waals surface area contributed by atoms with E-state index in [1.54, 1.807) is 37.3 Å².